The second-order valence-electron chi connectivity index (χ2n) is 10.3. The van der Waals surface area contributed by atoms with Crippen LogP contribution in [0.15, 0.2) is 61.2 Å². The molecule has 4 heterocycles. The van der Waals surface area contributed by atoms with Gasteiger partial charge in [-0.3, -0.25) is 24.7 Å². The molecule has 2 aliphatic heterocycles. The van der Waals surface area contributed by atoms with Gasteiger partial charge in [0.05, 0.1) is 41.8 Å². The third-order valence-corrected chi connectivity index (χ3v) is 8.23. The fourth-order valence-corrected chi connectivity index (χ4v) is 5.43. The van der Waals surface area contributed by atoms with Crippen LogP contribution in [0.5, 0.6) is 0 Å². The van der Waals surface area contributed by atoms with Gasteiger partial charge in [0.1, 0.15) is 40.3 Å². The van der Waals surface area contributed by atoms with Gasteiger partial charge in [0.15, 0.2) is 5.13 Å². The number of cyclic esters (lactones) is 2. The number of nitrogens with zero attached hydrogens (tertiary/aromatic N) is 5. The lowest BCUT2D eigenvalue weighted by atomic mass is 10.1. The lowest BCUT2D eigenvalue weighted by Crippen LogP contribution is -2.25. The first-order valence-electron chi connectivity index (χ1n) is 14.6. The zero-order chi connectivity index (χ0) is 34.4. The predicted octanol–water partition coefficient (Wildman–Crippen LogP) is 6.53. The number of hydrogen-bond donors (Lipinski definition) is 2. The van der Waals surface area contributed by atoms with E-state index in [1.165, 1.54) is 58.9 Å². The van der Waals surface area contributed by atoms with E-state index >= 15 is 0 Å². The first-order valence-corrected chi connectivity index (χ1v) is 15.8. The van der Waals surface area contributed by atoms with Crippen LogP contribution in [-0.2, 0) is 9.47 Å². The van der Waals surface area contributed by atoms with Crippen molar-refractivity contribution in [2.45, 2.75) is 38.9 Å². The minimum atomic E-state index is -0.736. The molecule has 0 saturated carbocycles. The third kappa shape index (κ3) is 8.01. The minimum Gasteiger partial charge on any atom is -0.444 e. The summed E-state index contributed by atoms with van der Waals surface area (Å²) in [5.41, 5.74) is 0.413. The van der Waals surface area contributed by atoms with E-state index in [4.69, 9.17) is 21.1 Å². The maximum Gasteiger partial charge on any atom is 0.414 e. The molecular formula is C31H28ClF2N7O6S. The minimum absolute atomic E-state index is 0.142. The largest absolute Gasteiger partial charge is 0.444 e. The fraction of sp³-hybridized carbons (Fsp3) is 0.258. The molecule has 2 aromatic carbocycles. The maximum atomic E-state index is 14.3. The van der Waals surface area contributed by atoms with E-state index < -0.39 is 35.6 Å². The molecule has 0 spiro atoms. The highest BCUT2D eigenvalue weighted by Gasteiger charge is 2.33. The Labute approximate surface area is 281 Å². The van der Waals surface area contributed by atoms with Crippen LogP contribution in [0.1, 0.15) is 47.4 Å². The number of aromatic nitrogens is 3. The second-order valence-corrected chi connectivity index (χ2v) is 12.0. The van der Waals surface area contributed by atoms with E-state index in [2.05, 4.69) is 25.6 Å². The smallest absolute Gasteiger partial charge is 0.414 e. The molecule has 6 rings (SSSR count). The molecule has 2 aliphatic rings. The number of rotatable bonds is 8. The third-order valence-electron chi connectivity index (χ3n) is 7.20. The number of benzene rings is 2. The van der Waals surface area contributed by atoms with Crippen LogP contribution in [0.2, 0.25) is 4.34 Å². The SMILES string of the molecule is CC[C@H]1CN(c2ccc(C(=O)Nc3ccncn3)c(F)c2)C(=O)O1.CC[C@H]1CN(c2ccc(C(=O)Nc3ncc(Cl)s3)c(F)c2)C(=O)O1. The van der Waals surface area contributed by atoms with Gasteiger partial charge in [0, 0.05) is 6.20 Å². The Morgan fingerprint density at radius 2 is 1.42 bits per heavy atom. The summed E-state index contributed by atoms with van der Waals surface area (Å²) in [5.74, 6) is -2.46. The first kappa shape index (κ1) is 34.1. The van der Waals surface area contributed by atoms with E-state index in [0.717, 1.165) is 23.5 Å². The number of ether oxygens (including phenoxy) is 2. The summed E-state index contributed by atoms with van der Waals surface area (Å²) >= 11 is 6.81. The molecule has 250 valence electrons. The molecule has 2 aromatic heterocycles. The molecule has 2 N–H and O–H groups in total. The standard InChI is InChI=1S/C16H15FN4O3.C15H13ClFN3O3S/c1-2-11-8-21(16(23)24-11)10-3-4-12(13(17)7-10)15(22)20-14-5-6-18-9-19-14;1-2-9-7-20(15(22)23-9)8-3-4-10(11(17)5-8)13(21)19-14-18-6-12(16)24-14/h3-7,9,11H,2,8H2,1H3,(H,18,19,20,22);3-6,9H,2,7H2,1H3,(H,18,19,21)/t11-;9-/m00/s1. The average Bonchev–Trinajstić information content (AvgIpc) is 3.78. The first-order chi connectivity index (χ1) is 23.1. The van der Waals surface area contributed by atoms with Crippen LogP contribution in [0.25, 0.3) is 0 Å². The van der Waals surface area contributed by atoms with Crippen molar-refractivity contribution in [3.05, 3.63) is 88.3 Å². The van der Waals surface area contributed by atoms with Gasteiger partial charge in [0.25, 0.3) is 11.8 Å². The van der Waals surface area contributed by atoms with Crippen molar-refractivity contribution in [3.8, 4) is 0 Å². The molecule has 2 fully saturated rings. The number of halogens is 3. The quantitative estimate of drug-likeness (QED) is 0.209. The van der Waals surface area contributed by atoms with Gasteiger partial charge in [0.2, 0.25) is 0 Å². The number of anilines is 4. The van der Waals surface area contributed by atoms with E-state index in [1.54, 1.807) is 0 Å². The molecule has 0 radical (unpaired) electrons. The van der Waals surface area contributed by atoms with Crippen LogP contribution >= 0.6 is 22.9 Å². The molecule has 0 unspecified atom stereocenters. The Morgan fingerprint density at radius 3 is 1.83 bits per heavy atom. The molecule has 0 aliphatic carbocycles. The van der Waals surface area contributed by atoms with Gasteiger partial charge >= 0.3 is 12.2 Å². The number of carbonyl (C=O) groups is 4. The Morgan fingerprint density at radius 1 is 0.875 bits per heavy atom. The van der Waals surface area contributed by atoms with Crippen molar-refractivity contribution in [1.29, 1.82) is 0 Å². The van der Waals surface area contributed by atoms with Gasteiger partial charge in [-0.05, 0) is 55.3 Å². The van der Waals surface area contributed by atoms with Crippen molar-refractivity contribution in [3.63, 3.8) is 0 Å². The normalized spacial score (nSPS) is 16.9. The highest BCUT2D eigenvalue weighted by Crippen LogP contribution is 2.28. The highest BCUT2D eigenvalue weighted by atomic mass is 35.5. The van der Waals surface area contributed by atoms with Crippen LogP contribution in [0, 0.1) is 11.6 Å². The monoisotopic (exact) mass is 699 g/mol. The molecule has 2 saturated heterocycles. The van der Waals surface area contributed by atoms with E-state index in [0.29, 0.717) is 41.6 Å². The molecule has 17 heteroatoms. The van der Waals surface area contributed by atoms with Gasteiger partial charge in [-0.1, -0.05) is 36.8 Å². The van der Waals surface area contributed by atoms with E-state index in [9.17, 15) is 28.0 Å². The van der Waals surface area contributed by atoms with Crippen LogP contribution in [0.3, 0.4) is 0 Å². The van der Waals surface area contributed by atoms with Gasteiger partial charge in [-0.15, -0.1) is 0 Å². The molecule has 2 atom stereocenters. The van der Waals surface area contributed by atoms with Crippen molar-refractivity contribution in [2.75, 3.05) is 33.5 Å². The number of carbonyl (C=O) groups excluding carboxylic acids is 4. The van der Waals surface area contributed by atoms with Crippen molar-refractivity contribution >= 4 is 69.3 Å². The maximum absolute atomic E-state index is 14.3. The number of thiazole rings is 1. The van der Waals surface area contributed by atoms with Crippen molar-refractivity contribution < 1.29 is 37.4 Å². The zero-order valence-electron chi connectivity index (χ0n) is 25.5. The number of nitrogens with one attached hydrogen (secondary N) is 2. The van der Waals surface area contributed by atoms with Crippen LogP contribution < -0.4 is 20.4 Å². The van der Waals surface area contributed by atoms with Gasteiger partial charge in [-0.25, -0.2) is 33.3 Å². The fourth-order valence-electron chi connectivity index (χ4n) is 4.63. The van der Waals surface area contributed by atoms with E-state index in [1.807, 2.05) is 13.8 Å². The Kier molecular flexibility index (Phi) is 10.8. The summed E-state index contributed by atoms with van der Waals surface area (Å²) in [6, 6.07) is 9.45. The summed E-state index contributed by atoms with van der Waals surface area (Å²) in [6.07, 6.45) is 4.05. The Bertz CT molecular complexity index is 1830. The molecule has 4 amide bonds. The highest BCUT2D eigenvalue weighted by molar-refractivity contribution is 7.19. The molecule has 4 aromatic rings. The van der Waals surface area contributed by atoms with Crippen LogP contribution in [0.4, 0.5) is 40.7 Å². The number of hydrogen-bond acceptors (Lipinski definition) is 10. The Hall–Kier alpha value is -5.22. The zero-order valence-corrected chi connectivity index (χ0v) is 27.1. The van der Waals surface area contributed by atoms with E-state index in [-0.39, 0.29) is 34.3 Å². The summed E-state index contributed by atoms with van der Waals surface area (Å²) in [6.45, 7) is 4.53. The summed E-state index contributed by atoms with van der Waals surface area (Å²) in [4.78, 5) is 62.0. The van der Waals surface area contributed by atoms with Crippen LogP contribution in [-0.4, -0.2) is 64.3 Å². The molecule has 0 bridgehead atoms. The lowest BCUT2D eigenvalue weighted by molar-refractivity contribution is 0.101. The summed E-state index contributed by atoms with van der Waals surface area (Å²) in [7, 11) is 0. The number of amides is 4. The Balaban J connectivity index is 0.000000188. The average molecular weight is 700 g/mol. The van der Waals surface area contributed by atoms with Gasteiger partial charge in [-0.2, -0.15) is 0 Å². The van der Waals surface area contributed by atoms with Gasteiger partial charge < -0.3 is 14.8 Å². The molecular weight excluding hydrogens is 672 g/mol. The predicted molar refractivity (Wildman–Crippen MR) is 174 cm³/mol. The van der Waals surface area contributed by atoms with Crippen molar-refractivity contribution in [2.24, 2.45) is 0 Å². The lowest BCUT2D eigenvalue weighted by Gasteiger charge is -2.14. The molecule has 13 nitrogen and oxygen atoms in total. The topological polar surface area (TPSA) is 156 Å². The molecule has 48 heavy (non-hydrogen) atoms. The second kappa shape index (κ2) is 15.1. The van der Waals surface area contributed by atoms with Crippen molar-refractivity contribution in [1.82, 2.24) is 15.0 Å². The summed E-state index contributed by atoms with van der Waals surface area (Å²) in [5, 5.41) is 5.23. The summed E-state index contributed by atoms with van der Waals surface area (Å²) < 4.78 is 39.3.